The number of aryl methyl sites for hydroxylation is 2. The fraction of sp³-hybridized carbons (Fsp3) is 0.450. The number of hydrogen-bond donors (Lipinski definition) is 1. The molecule has 5 rings (SSSR count). The van der Waals surface area contributed by atoms with Crippen molar-refractivity contribution < 1.29 is 9.59 Å². The van der Waals surface area contributed by atoms with Crippen molar-refractivity contribution in [2.24, 2.45) is 14.1 Å². The SMILES string of the molecule is Cn1cncc1[C@H]1[C@H](NC(=O)c2ccnc3c2ncn3C)CCC(=O)N1C1CC1. The number of rotatable bonds is 4. The standard InChI is InChI=1S/C20H23N7O2/c1-25-10-21-9-15(25)18-14(5-6-16(28)27(18)12-3-4-12)24-20(29)13-7-8-22-19-17(13)23-11-26(19)2/h7-12,14,18H,3-6H2,1-2H3,(H,24,29)/t14-,18-/m1/s1. The summed E-state index contributed by atoms with van der Waals surface area (Å²) in [5.74, 6) is -0.0430. The fourth-order valence-electron chi connectivity index (χ4n) is 4.31. The average molecular weight is 393 g/mol. The Hall–Kier alpha value is -3.23. The molecule has 1 aliphatic carbocycles. The lowest BCUT2D eigenvalue weighted by atomic mass is 9.92. The van der Waals surface area contributed by atoms with Crippen LogP contribution in [0.25, 0.3) is 11.2 Å². The van der Waals surface area contributed by atoms with Gasteiger partial charge in [-0.25, -0.2) is 15.0 Å². The van der Waals surface area contributed by atoms with Crippen LogP contribution in [0, 0.1) is 0 Å². The largest absolute Gasteiger partial charge is 0.347 e. The fourth-order valence-corrected chi connectivity index (χ4v) is 4.31. The van der Waals surface area contributed by atoms with Gasteiger partial charge in [0.2, 0.25) is 5.91 Å². The Balaban J connectivity index is 1.49. The first kappa shape index (κ1) is 17.8. The molecule has 0 bridgehead atoms. The normalized spacial score (nSPS) is 22.3. The van der Waals surface area contributed by atoms with Gasteiger partial charge in [-0.05, 0) is 25.3 Å². The molecule has 2 atom stereocenters. The molecular weight excluding hydrogens is 370 g/mol. The number of nitrogens with one attached hydrogen (secondary N) is 1. The summed E-state index contributed by atoms with van der Waals surface area (Å²) in [4.78, 5) is 40.8. The summed E-state index contributed by atoms with van der Waals surface area (Å²) in [5, 5.41) is 3.18. The van der Waals surface area contributed by atoms with Crippen LogP contribution in [0.4, 0.5) is 0 Å². The van der Waals surface area contributed by atoms with Gasteiger partial charge in [0.1, 0.15) is 5.52 Å². The number of aromatic nitrogens is 5. The molecule has 0 aromatic carbocycles. The number of pyridine rings is 1. The molecule has 0 spiro atoms. The molecule has 9 heteroatoms. The molecular formula is C20H23N7O2. The van der Waals surface area contributed by atoms with Crippen molar-refractivity contribution >= 4 is 23.0 Å². The number of hydrogen-bond acceptors (Lipinski definition) is 5. The molecule has 1 saturated heterocycles. The van der Waals surface area contributed by atoms with E-state index in [0.717, 1.165) is 18.5 Å². The van der Waals surface area contributed by atoms with E-state index in [2.05, 4.69) is 20.3 Å². The van der Waals surface area contributed by atoms with Crippen LogP contribution in [0.2, 0.25) is 0 Å². The van der Waals surface area contributed by atoms with Gasteiger partial charge in [-0.2, -0.15) is 0 Å². The lowest BCUT2D eigenvalue weighted by Gasteiger charge is -2.41. The van der Waals surface area contributed by atoms with Crippen molar-refractivity contribution in [2.45, 2.75) is 43.8 Å². The number of piperidine rings is 1. The minimum absolute atomic E-state index is 0.153. The van der Waals surface area contributed by atoms with E-state index in [4.69, 9.17) is 0 Å². The van der Waals surface area contributed by atoms with Gasteiger partial charge in [-0.15, -0.1) is 0 Å². The molecule has 3 aromatic heterocycles. The van der Waals surface area contributed by atoms with E-state index in [1.165, 1.54) is 0 Å². The quantitative estimate of drug-likeness (QED) is 0.721. The Morgan fingerprint density at radius 2 is 1.97 bits per heavy atom. The zero-order valence-corrected chi connectivity index (χ0v) is 16.4. The summed E-state index contributed by atoms with van der Waals surface area (Å²) in [7, 11) is 3.77. The molecule has 150 valence electrons. The van der Waals surface area contributed by atoms with E-state index >= 15 is 0 Å². The minimum atomic E-state index is -0.221. The van der Waals surface area contributed by atoms with E-state index in [-0.39, 0.29) is 29.9 Å². The van der Waals surface area contributed by atoms with Crippen molar-refractivity contribution in [3.8, 4) is 0 Å². The van der Waals surface area contributed by atoms with Crippen LogP contribution in [0.3, 0.4) is 0 Å². The highest BCUT2D eigenvalue weighted by Gasteiger charge is 2.45. The monoisotopic (exact) mass is 393 g/mol. The summed E-state index contributed by atoms with van der Waals surface area (Å²) < 4.78 is 3.72. The number of carbonyl (C=O) groups is 2. The molecule has 2 aliphatic rings. The van der Waals surface area contributed by atoms with Crippen LogP contribution < -0.4 is 5.32 Å². The molecule has 0 unspecified atom stereocenters. The number of nitrogens with zero attached hydrogens (tertiary/aromatic N) is 6. The van der Waals surface area contributed by atoms with E-state index in [1.54, 1.807) is 35.7 Å². The number of likely N-dealkylation sites (tertiary alicyclic amines) is 1. The van der Waals surface area contributed by atoms with E-state index in [9.17, 15) is 9.59 Å². The van der Waals surface area contributed by atoms with Gasteiger partial charge in [-0.3, -0.25) is 9.59 Å². The van der Waals surface area contributed by atoms with E-state index in [1.807, 2.05) is 23.6 Å². The summed E-state index contributed by atoms with van der Waals surface area (Å²) in [6.07, 6.45) is 9.86. The van der Waals surface area contributed by atoms with Gasteiger partial charge >= 0.3 is 0 Å². The van der Waals surface area contributed by atoms with Crippen molar-refractivity contribution in [1.29, 1.82) is 0 Å². The number of amides is 2. The van der Waals surface area contributed by atoms with Crippen LogP contribution >= 0.6 is 0 Å². The van der Waals surface area contributed by atoms with Gasteiger partial charge in [0.15, 0.2) is 5.65 Å². The first-order chi connectivity index (χ1) is 14.0. The third kappa shape index (κ3) is 2.97. The third-order valence-electron chi connectivity index (χ3n) is 5.90. The number of imidazole rings is 2. The van der Waals surface area contributed by atoms with Gasteiger partial charge < -0.3 is 19.4 Å². The summed E-state index contributed by atoms with van der Waals surface area (Å²) in [6.45, 7) is 0. The Bertz CT molecular complexity index is 1100. The summed E-state index contributed by atoms with van der Waals surface area (Å²) >= 11 is 0. The number of carbonyl (C=O) groups excluding carboxylic acids is 2. The second kappa shape index (κ2) is 6.68. The lowest BCUT2D eigenvalue weighted by Crippen LogP contribution is -2.53. The van der Waals surface area contributed by atoms with E-state index in [0.29, 0.717) is 29.6 Å². The van der Waals surface area contributed by atoms with Crippen LogP contribution in [0.5, 0.6) is 0 Å². The van der Waals surface area contributed by atoms with Gasteiger partial charge in [0.25, 0.3) is 5.91 Å². The summed E-state index contributed by atoms with van der Waals surface area (Å²) in [5.41, 5.74) is 2.68. The molecule has 1 N–H and O–H groups in total. The Morgan fingerprint density at radius 1 is 1.14 bits per heavy atom. The molecule has 1 saturated carbocycles. The van der Waals surface area contributed by atoms with Gasteiger partial charge in [0.05, 0.1) is 42.2 Å². The van der Waals surface area contributed by atoms with Crippen LogP contribution in [0.15, 0.2) is 31.1 Å². The van der Waals surface area contributed by atoms with Gasteiger partial charge in [0, 0.05) is 32.8 Å². The molecule has 4 heterocycles. The molecule has 9 nitrogen and oxygen atoms in total. The first-order valence-corrected chi connectivity index (χ1v) is 9.89. The van der Waals surface area contributed by atoms with Gasteiger partial charge in [-0.1, -0.05) is 0 Å². The van der Waals surface area contributed by atoms with Crippen LogP contribution in [-0.2, 0) is 18.9 Å². The van der Waals surface area contributed by atoms with E-state index < -0.39 is 0 Å². The maximum atomic E-state index is 13.2. The van der Waals surface area contributed by atoms with Crippen molar-refractivity contribution in [2.75, 3.05) is 0 Å². The second-order valence-corrected chi connectivity index (χ2v) is 7.91. The van der Waals surface area contributed by atoms with Crippen LogP contribution in [-0.4, -0.2) is 52.9 Å². The van der Waals surface area contributed by atoms with Crippen LogP contribution in [0.1, 0.15) is 47.8 Å². The average Bonchev–Trinajstić information content (AvgIpc) is 3.36. The Labute approximate surface area is 167 Å². The zero-order chi connectivity index (χ0) is 20.1. The predicted octanol–water partition coefficient (Wildman–Crippen LogP) is 1.33. The zero-order valence-electron chi connectivity index (χ0n) is 16.4. The third-order valence-corrected chi connectivity index (χ3v) is 5.90. The maximum absolute atomic E-state index is 13.2. The van der Waals surface area contributed by atoms with Crippen molar-refractivity contribution in [3.05, 3.63) is 42.4 Å². The second-order valence-electron chi connectivity index (χ2n) is 7.91. The summed E-state index contributed by atoms with van der Waals surface area (Å²) in [6, 6.07) is 1.53. The highest BCUT2D eigenvalue weighted by Crippen LogP contribution is 2.40. The molecule has 29 heavy (non-hydrogen) atoms. The van der Waals surface area contributed by atoms with Crippen molar-refractivity contribution in [1.82, 2.24) is 34.3 Å². The molecule has 2 fully saturated rings. The number of fused-ring (bicyclic) bond motifs is 1. The molecule has 3 aromatic rings. The smallest absolute Gasteiger partial charge is 0.253 e. The first-order valence-electron chi connectivity index (χ1n) is 9.89. The lowest BCUT2D eigenvalue weighted by molar-refractivity contribution is -0.138. The highest BCUT2D eigenvalue weighted by molar-refractivity contribution is 6.04. The topological polar surface area (TPSA) is 97.9 Å². The predicted molar refractivity (Wildman–Crippen MR) is 105 cm³/mol. The Kier molecular flexibility index (Phi) is 4.11. The maximum Gasteiger partial charge on any atom is 0.253 e. The highest BCUT2D eigenvalue weighted by atomic mass is 16.2. The Morgan fingerprint density at radius 3 is 2.69 bits per heavy atom. The molecule has 1 aliphatic heterocycles. The minimum Gasteiger partial charge on any atom is -0.347 e. The molecule has 0 radical (unpaired) electrons. The van der Waals surface area contributed by atoms with Crippen molar-refractivity contribution in [3.63, 3.8) is 0 Å². The molecule has 2 amide bonds.